The van der Waals surface area contributed by atoms with E-state index in [1.54, 1.807) is 0 Å². The molecule has 0 aliphatic rings. The van der Waals surface area contributed by atoms with E-state index in [2.05, 4.69) is 0 Å². The van der Waals surface area contributed by atoms with E-state index >= 15 is 0 Å². The Kier molecular flexibility index (Phi) is 4.88. The first-order valence-corrected chi connectivity index (χ1v) is 6.08. The molecule has 0 fully saturated rings. The number of hydrogen-bond donors (Lipinski definition) is 0. The summed E-state index contributed by atoms with van der Waals surface area (Å²) in [5, 5.41) is -1.62. The lowest BCUT2D eigenvalue weighted by Crippen LogP contribution is -2.01. The third kappa shape index (κ3) is 3.35. The van der Waals surface area contributed by atoms with Crippen LogP contribution in [0.15, 0.2) is 4.90 Å². The van der Waals surface area contributed by atoms with Gasteiger partial charge in [-0.1, -0.05) is 46.4 Å². The molecule has 94 valence electrons. The summed E-state index contributed by atoms with van der Waals surface area (Å²) in [6.07, 6.45) is 0.268. The summed E-state index contributed by atoms with van der Waals surface area (Å²) < 4.78 is 36.7. The second kappa shape index (κ2) is 5.45. The highest BCUT2D eigenvalue weighted by atomic mass is 35.5. The zero-order chi connectivity index (χ0) is 13.4. The van der Waals surface area contributed by atoms with E-state index in [9.17, 15) is 18.0 Å². The fourth-order valence-electron chi connectivity index (χ4n) is 0.937. The van der Waals surface area contributed by atoms with Crippen LogP contribution in [0.5, 0.6) is 0 Å². The Morgan fingerprint density at radius 2 is 1.35 bits per heavy atom. The summed E-state index contributed by atoms with van der Waals surface area (Å²) in [6, 6.07) is 0. The van der Waals surface area contributed by atoms with Crippen LogP contribution in [0.4, 0.5) is 13.2 Å². The first-order valence-electron chi connectivity index (χ1n) is 3.76. The molecule has 0 atom stereocenters. The number of alkyl halides is 3. The predicted octanol–water partition coefficient (Wildman–Crippen LogP) is 5.72. The predicted molar refractivity (Wildman–Crippen MR) is 63.8 cm³/mol. The molecule has 0 amide bonds. The Labute approximate surface area is 118 Å². The van der Waals surface area contributed by atoms with Crippen LogP contribution in [0.3, 0.4) is 0 Å². The minimum Gasteiger partial charge on any atom is -0.298 e. The van der Waals surface area contributed by atoms with Crippen LogP contribution in [0, 0.1) is 0 Å². The number of aldehydes is 1. The van der Waals surface area contributed by atoms with Crippen molar-refractivity contribution in [2.45, 2.75) is 10.4 Å². The average Bonchev–Trinajstić information content (AvgIpc) is 2.21. The van der Waals surface area contributed by atoms with Crippen LogP contribution >= 0.6 is 58.2 Å². The van der Waals surface area contributed by atoms with Gasteiger partial charge in [0.1, 0.15) is 0 Å². The number of carbonyl (C=O) groups excluding carboxylic acids is 1. The van der Waals surface area contributed by atoms with Gasteiger partial charge in [0.25, 0.3) is 0 Å². The third-order valence-electron chi connectivity index (χ3n) is 1.59. The molecule has 1 aromatic carbocycles. The number of rotatable bonds is 2. The lowest BCUT2D eigenvalue weighted by Gasteiger charge is -2.13. The molecule has 0 bridgehead atoms. The minimum atomic E-state index is -4.59. The van der Waals surface area contributed by atoms with Crippen LogP contribution < -0.4 is 0 Å². The molecule has 1 rings (SSSR count). The van der Waals surface area contributed by atoms with Crippen molar-refractivity contribution in [3.05, 3.63) is 25.7 Å². The molecule has 1 nitrogen and oxygen atoms in total. The van der Waals surface area contributed by atoms with E-state index in [1.165, 1.54) is 0 Å². The Morgan fingerprint density at radius 1 is 0.941 bits per heavy atom. The van der Waals surface area contributed by atoms with Gasteiger partial charge in [-0.05, 0) is 11.8 Å². The van der Waals surface area contributed by atoms with Crippen LogP contribution in [0.2, 0.25) is 20.1 Å². The van der Waals surface area contributed by atoms with E-state index in [-0.39, 0.29) is 21.9 Å². The lowest BCUT2D eigenvalue weighted by atomic mass is 10.2. The summed E-state index contributed by atoms with van der Waals surface area (Å²) in [6.45, 7) is 0. The second-order valence-electron chi connectivity index (χ2n) is 2.66. The van der Waals surface area contributed by atoms with Gasteiger partial charge in [0.2, 0.25) is 0 Å². The third-order valence-corrected chi connectivity index (χ3v) is 4.40. The van der Waals surface area contributed by atoms with Gasteiger partial charge in [0, 0.05) is 0 Å². The highest BCUT2D eigenvalue weighted by molar-refractivity contribution is 8.00. The highest BCUT2D eigenvalue weighted by Gasteiger charge is 2.33. The zero-order valence-corrected chi connectivity index (χ0v) is 11.4. The topological polar surface area (TPSA) is 17.1 Å². The van der Waals surface area contributed by atoms with Crippen LogP contribution in [-0.4, -0.2) is 11.8 Å². The standard InChI is InChI=1S/C8HCl4F3OS/c9-3-2(1-16)4(10)6(12)7(5(3)11)17-8(13,14)15/h1H. The first kappa shape index (κ1) is 15.2. The molecule has 0 aliphatic heterocycles. The van der Waals surface area contributed by atoms with Gasteiger partial charge in [-0.25, -0.2) is 0 Å². The summed E-state index contributed by atoms with van der Waals surface area (Å²) in [4.78, 5) is 10.1. The molecule has 0 heterocycles. The fourth-order valence-corrected chi connectivity index (χ4v) is 2.85. The molecule has 0 N–H and O–H groups in total. The van der Waals surface area contributed by atoms with Crippen LogP contribution in [-0.2, 0) is 0 Å². The summed E-state index contributed by atoms with van der Waals surface area (Å²) in [5.74, 6) is 0. The summed E-state index contributed by atoms with van der Waals surface area (Å²) in [5.41, 5.74) is -4.84. The molecule has 0 spiro atoms. The number of thioether (sulfide) groups is 1. The van der Waals surface area contributed by atoms with Crippen molar-refractivity contribution >= 4 is 64.5 Å². The first-order chi connectivity index (χ1) is 7.69. The number of carbonyl (C=O) groups is 1. The van der Waals surface area contributed by atoms with Gasteiger partial charge in [-0.2, -0.15) is 13.2 Å². The van der Waals surface area contributed by atoms with Crippen molar-refractivity contribution < 1.29 is 18.0 Å². The number of hydrogen-bond acceptors (Lipinski definition) is 2. The van der Waals surface area contributed by atoms with Gasteiger partial charge in [0.05, 0.1) is 30.5 Å². The number of halogens is 7. The minimum absolute atomic E-state index is 0.241. The maximum Gasteiger partial charge on any atom is 0.446 e. The molecule has 0 aliphatic carbocycles. The molecule has 0 unspecified atom stereocenters. The Balaban J connectivity index is 3.48. The van der Waals surface area contributed by atoms with Gasteiger partial charge in [-0.3, -0.25) is 4.79 Å². The van der Waals surface area contributed by atoms with Crippen LogP contribution in [0.1, 0.15) is 10.4 Å². The van der Waals surface area contributed by atoms with E-state index < -0.39 is 32.2 Å². The zero-order valence-electron chi connectivity index (χ0n) is 7.54. The highest BCUT2D eigenvalue weighted by Crippen LogP contribution is 2.49. The smallest absolute Gasteiger partial charge is 0.298 e. The van der Waals surface area contributed by atoms with Crippen molar-refractivity contribution in [3.63, 3.8) is 0 Å². The molecule has 17 heavy (non-hydrogen) atoms. The Bertz CT molecular complexity index is 446. The number of benzene rings is 1. The van der Waals surface area contributed by atoms with Crippen molar-refractivity contribution in [1.82, 2.24) is 0 Å². The van der Waals surface area contributed by atoms with Gasteiger partial charge >= 0.3 is 5.51 Å². The van der Waals surface area contributed by atoms with Crippen molar-refractivity contribution in [2.24, 2.45) is 0 Å². The molecule has 1 aromatic rings. The Hall–Kier alpha value is 0.190. The van der Waals surface area contributed by atoms with E-state index in [0.717, 1.165) is 0 Å². The summed E-state index contributed by atoms with van der Waals surface area (Å²) >= 11 is 21.9. The molecule has 0 saturated heterocycles. The summed E-state index contributed by atoms with van der Waals surface area (Å²) in [7, 11) is 0. The fraction of sp³-hybridized carbons (Fsp3) is 0.125. The van der Waals surface area contributed by atoms with Gasteiger partial charge < -0.3 is 0 Å². The largest absolute Gasteiger partial charge is 0.446 e. The molecule has 0 aromatic heterocycles. The maximum absolute atomic E-state index is 12.2. The molecular formula is C8HCl4F3OS. The molecule has 0 saturated carbocycles. The van der Waals surface area contributed by atoms with E-state index in [1.807, 2.05) is 0 Å². The molecular weight excluding hydrogens is 343 g/mol. The molecule has 0 radical (unpaired) electrons. The van der Waals surface area contributed by atoms with Gasteiger partial charge in [0.15, 0.2) is 6.29 Å². The SMILES string of the molecule is O=Cc1c(Cl)c(Cl)c(SC(F)(F)F)c(Cl)c1Cl. The normalized spacial score (nSPS) is 11.7. The average molecular weight is 344 g/mol. The monoisotopic (exact) mass is 342 g/mol. The lowest BCUT2D eigenvalue weighted by molar-refractivity contribution is -0.0328. The van der Waals surface area contributed by atoms with E-state index in [4.69, 9.17) is 46.4 Å². The van der Waals surface area contributed by atoms with Gasteiger partial charge in [-0.15, -0.1) is 0 Å². The van der Waals surface area contributed by atoms with Crippen molar-refractivity contribution in [1.29, 1.82) is 0 Å². The quantitative estimate of drug-likeness (QED) is 0.388. The van der Waals surface area contributed by atoms with E-state index in [0.29, 0.717) is 0 Å². The van der Waals surface area contributed by atoms with Crippen molar-refractivity contribution in [2.75, 3.05) is 0 Å². The van der Waals surface area contributed by atoms with Crippen LogP contribution in [0.25, 0.3) is 0 Å². The van der Waals surface area contributed by atoms with Crippen molar-refractivity contribution in [3.8, 4) is 0 Å². The second-order valence-corrected chi connectivity index (χ2v) is 5.25. The maximum atomic E-state index is 12.2. The Morgan fingerprint density at radius 3 is 1.65 bits per heavy atom. The molecule has 9 heteroatoms.